The number of hydrogen-bond acceptors (Lipinski definition) is 6. The second-order valence-electron chi connectivity index (χ2n) is 3.64. The molecule has 0 bridgehead atoms. The summed E-state index contributed by atoms with van der Waals surface area (Å²) in [5, 5.41) is 13.1. The third-order valence-corrected chi connectivity index (χ3v) is 2.73. The molecule has 0 saturated carbocycles. The number of nitrogens with two attached hydrogens (primary N) is 1. The number of nitro groups is 1. The second kappa shape index (κ2) is 6.96. The molecule has 0 aliphatic carbocycles. The first-order chi connectivity index (χ1) is 9.36. The molecule has 0 spiro atoms. The number of anilines is 1. The van der Waals surface area contributed by atoms with Gasteiger partial charge in [-0.2, -0.15) is 0 Å². The highest BCUT2D eigenvalue weighted by Crippen LogP contribution is 2.27. The van der Waals surface area contributed by atoms with Gasteiger partial charge in [-0.15, -0.1) is 0 Å². The fourth-order valence-electron chi connectivity index (χ4n) is 1.31. The van der Waals surface area contributed by atoms with Gasteiger partial charge in [-0.05, 0) is 19.1 Å². The number of nitro benzene ring substituents is 1. The number of carbonyl (C=O) groups is 2. The van der Waals surface area contributed by atoms with E-state index in [-0.39, 0.29) is 18.0 Å². The molecule has 1 aromatic carbocycles. The first-order valence-corrected chi connectivity index (χ1v) is 6.33. The van der Waals surface area contributed by atoms with Gasteiger partial charge < -0.3 is 15.8 Å². The predicted octanol–water partition coefficient (Wildman–Crippen LogP) is 1.19. The molecule has 1 atom stereocenters. The van der Waals surface area contributed by atoms with E-state index in [2.05, 4.69) is 26.0 Å². The quantitative estimate of drug-likeness (QED) is 0.357. The molecule has 0 radical (unpaired) electrons. The van der Waals surface area contributed by atoms with Crippen LogP contribution in [0.2, 0.25) is 0 Å². The Morgan fingerprint density at radius 3 is 2.75 bits per heavy atom. The van der Waals surface area contributed by atoms with Crippen LogP contribution in [0.1, 0.15) is 6.92 Å². The lowest BCUT2D eigenvalue weighted by atomic mass is 10.2. The van der Waals surface area contributed by atoms with Gasteiger partial charge in [-0.1, -0.05) is 15.9 Å². The van der Waals surface area contributed by atoms with E-state index in [1.807, 2.05) is 0 Å². The van der Waals surface area contributed by atoms with E-state index in [9.17, 15) is 19.7 Å². The van der Waals surface area contributed by atoms with Crippen LogP contribution in [0.3, 0.4) is 0 Å². The number of ether oxygens (including phenoxy) is 1. The summed E-state index contributed by atoms with van der Waals surface area (Å²) < 4.78 is 5.08. The Kier molecular flexibility index (Phi) is 5.59. The number of nitrogens with zero attached hydrogens (tertiary/aromatic N) is 1. The van der Waals surface area contributed by atoms with Gasteiger partial charge in [0.15, 0.2) is 6.04 Å². The Morgan fingerprint density at radius 2 is 2.20 bits per heavy atom. The normalized spacial score (nSPS) is 11.6. The molecule has 3 N–H and O–H groups in total. The maximum Gasteiger partial charge on any atom is 0.332 e. The minimum absolute atomic E-state index is 0.0528. The van der Waals surface area contributed by atoms with Crippen LogP contribution in [0.5, 0.6) is 0 Å². The number of amides is 1. The van der Waals surface area contributed by atoms with Crippen molar-refractivity contribution in [1.29, 1.82) is 0 Å². The molecule has 1 amide bonds. The Balaban J connectivity index is 2.91. The van der Waals surface area contributed by atoms with Crippen LogP contribution in [-0.2, 0) is 14.3 Å². The van der Waals surface area contributed by atoms with Crippen molar-refractivity contribution in [2.45, 2.75) is 13.0 Å². The first kappa shape index (κ1) is 16.1. The van der Waals surface area contributed by atoms with Crippen molar-refractivity contribution in [3.05, 3.63) is 32.8 Å². The van der Waals surface area contributed by atoms with E-state index in [4.69, 9.17) is 5.73 Å². The van der Waals surface area contributed by atoms with Gasteiger partial charge >= 0.3 is 5.97 Å². The van der Waals surface area contributed by atoms with Crippen LogP contribution in [0.25, 0.3) is 0 Å². The maximum absolute atomic E-state index is 11.7. The Bertz CT molecular complexity index is 549. The van der Waals surface area contributed by atoms with Gasteiger partial charge in [-0.3, -0.25) is 14.9 Å². The van der Waals surface area contributed by atoms with Crippen molar-refractivity contribution in [1.82, 2.24) is 0 Å². The van der Waals surface area contributed by atoms with Crippen LogP contribution < -0.4 is 11.1 Å². The van der Waals surface area contributed by atoms with E-state index >= 15 is 0 Å². The molecule has 0 aliphatic heterocycles. The summed E-state index contributed by atoms with van der Waals surface area (Å²) in [6, 6.07) is 2.53. The summed E-state index contributed by atoms with van der Waals surface area (Å²) in [6.45, 7) is 1.65. The van der Waals surface area contributed by atoms with E-state index in [1.165, 1.54) is 18.2 Å². The minimum Gasteiger partial charge on any atom is -0.464 e. The Labute approximate surface area is 122 Å². The zero-order valence-electron chi connectivity index (χ0n) is 10.5. The fourth-order valence-corrected chi connectivity index (χ4v) is 1.66. The molecule has 108 valence electrons. The van der Waals surface area contributed by atoms with Crippen molar-refractivity contribution in [3.63, 3.8) is 0 Å². The molecular formula is C11H12BrN3O5. The van der Waals surface area contributed by atoms with Crippen LogP contribution in [0.4, 0.5) is 11.4 Å². The highest BCUT2D eigenvalue weighted by Gasteiger charge is 2.25. The third-order valence-electron chi connectivity index (χ3n) is 2.24. The van der Waals surface area contributed by atoms with Gasteiger partial charge in [0.05, 0.1) is 11.5 Å². The number of nitrogens with one attached hydrogen (secondary N) is 1. The average molecular weight is 346 g/mol. The summed E-state index contributed by atoms with van der Waals surface area (Å²) in [5.41, 5.74) is 5.02. The molecule has 1 unspecified atom stereocenters. The Morgan fingerprint density at radius 1 is 1.55 bits per heavy atom. The lowest BCUT2D eigenvalue weighted by molar-refractivity contribution is -0.384. The summed E-state index contributed by atoms with van der Waals surface area (Å²) in [6.07, 6.45) is 0. The zero-order chi connectivity index (χ0) is 15.3. The van der Waals surface area contributed by atoms with Crippen LogP contribution in [0, 0.1) is 10.1 Å². The summed E-state index contributed by atoms with van der Waals surface area (Å²) in [7, 11) is 0. The van der Waals surface area contributed by atoms with Gasteiger partial charge in [0, 0.05) is 10.5 Å². The standard InChI is InChI=1S/C11H12BrN3O5/c1-2-20-11(17)9(13)10(16)14-7-4-3-6(12)5-8(7)15(18)19/h3-5,9H,2,13H2,1H3,(H,14,16). The number of hydrogen-bond donors (Lipinski definition) is 2. The monoisotopic (exact) mass is 345 g/mol. The fraction of sp³-hybridized carbons (Fsp3) is 0.273. The van der Waals surface area contributed by atoms with Crippen molar-refractivity contribution in [3.8, 4) is 0 Å². The molecule has 20 heavy (non-hydrogen) atoms. The lowest BCUT2D eigenvalue weighted by Crippen LogP contribution is -2.43. The van der Waals surface area contributed by atoms with E-state index in [0.29, 0.717) is 4.47 Å². The molecule has 8 nitrogen and oxygen atoms in total. The van der Waals surface area contributed by atoms with Crippen molar-refractivity contribution in [2.75, 3.05) is 11.9 Å². The van der Waals surface area contributed by atoms with Crippen LogP contribution in [0.15, 0.2) is 22.7 Å². The largest absolute Gasteiger partial charge is 0.464 e. The molecule has 1 rings (SSSR count). The summed E-state index contributed by atoms with van der Waals surface area (Å²) in [5.74, 6) is -1.78. The highest BCUT2D eigenvalue weighted by molar-refractivity contribution is 9.10. The van der Waals surface area contributed by atoms with Gasteiger partial charge in [0.2, 0.25) is 0 Å². The zero-order valence-corrected chi connectivity index (χ0v) is 12.0. The average Bonchev–Trinajstić information content (AvgIpc) is 2.39. The molecule has 9 heteroatoms. The van der Waals surface area contributed by atoms with Crippen molar-refractivity contribution >= 4 is 39.2 Å². The van der Waals surface area contributed by atoms with E-state index in [1.54, 1.807) is 6.92 Å². The van der Waals surface area contributed by atoms with Crippen LogP contribution >= 0.6 is 15.9 Å². The Hall–Kier alpha value is -2.00. The second-order valence-corrected chi connectivity index (χ2v) is 4.55. The van der Waals surface area contributed by atoms with Crippen molar-refractivity contribution < 1.29 is 19.2 Å². The van der Waals surface area contributed by atoms with E-state index < -0.39 is 22.8 Å². The predicted molar refractivity (Wildman–Crippen MR) is 74.0 cm³/mol. The SMILES string of the molecule is CCOC(=O)C(N)C(=O)Nc1ccc(Br)cc1[N+](=O)[O-]. The topological polar surface area (TPSA) is 125 Å². The molecule has 0 aromatic heterocycles. The smallest absolute Gasteiger partial charge is 0.332 e. The third kappa shape index (κ3) is 4.00. The molecule has 0 heterocycles. The molecule has 0 fully saturated rings. The van der Waals surface area contributed by atoms with Gasteiger partial charge in [0.1, 0.15) is 5.69 Å². The summed E-state index contributed by atoms with van der Waals surface area (Å²) in [4.78, 5) is 33.2. The van der Waals surface area contributed by atoms with Gasteiger partial charge in [-0.25, -0.2) is 4.79 Å². The minimum atomic E-state index is -1.54. The molecular weight excluding hydrogens is 334 g/mol. The maximum atomic E-state index is 11.7. The first-order valence-electron chi connectivity index (χ1n) is 5.53. The molecule has 0 aliphatic rings. The molecule has 0 saturated heterocycles. The number of benzene rings is 1. The summed E-state index contributed by atoms with van der Waals surface area (Å²) >= 11 is 3.09. The van der Waals surface area contributed by atoms with Crippen LogP contribution in [-0.4, -0.2) is 29.4 Å². The highest BCUT2D eigenvalue weighted by atomic mass is 79.9. The lowest BCUT2D eigenvalue weighted by Gasteiger charge is -2.11. The number of halogens is 1. The number of carbonyl (C=O) groups excluding carboxylic acids is 2. The number of rotatable bonds is 5. The van der Waals surface area contributed by atoms with Crippen molar-refractivity contribution in [2.24, 2.45) is 5.73 Å². The molecule has 1 aromatic rings. The van der Waals surface area contributed by atoms with Gasteiger partial charge in [0.25, 0.3) is 11.6 Å². The number of esters is 1. The van der Waals surface area contributed by atoms with E-state index in [0.717, 1.165) is 0 Å².